The summed E-state index contributed by atoms with van der Waals surface area (Å²) in [7, 11) is 2.00. The second kappa shape index (κ2) is 6.73. The van der Waals surface area contributed by atoms with Gasteiger partial charge in [-0.3, -0.25) is 9.67 Å². The fraction of sp³-hybridized carbons (Fsp3) is 0.429. The maximum absolute atomic E-state index is 4.53. The van der Waals surface area contributed by atoms with E-state index in [1.54, 1.807) is 11.8 Å². The third kappa shape index (κ3) is 3.58. The second-order valence-electron chi connectivity index (χ2n) is 4.45. The number of hydrogen-bond donors (Lipinski definition) is 1. The zero-order valence-corrected chi connectivity index (χ0v) is 12.5. The monoisotopic (exact) mass is 276 g/mol. The maximum Gasteiger partial charge on any atom is 0.103 e. The number of aryl methyl sites for hydroxylation is 2. The molecule has 19 heavy (non-hydrogen) atoms. The molecule has 2 aromatic rings. The summed E-state index contributed by atoms with van der Waals surface area (Å²) in [4.78, 5) is 5.24. The van der Waals surface area contributed by atoms with Crippen LogP contribution in [0.25, 0.3) is 0 Å². The Morgan fingerprint density at radius 2 is 2.05 bits per heavy atom. The van der Waals surface area contributed by atoms with Crippen LogP contribution in [0.2, 0.25) is 0 Å². The molecule has 0 unspecified atom stereocenters. The number of aromatic nitrogens is 3. The third-order valence-corrected chi connectivity index (χ3v) is 4.09. The molecule has 4 nitrogen and oxygen atoms in total. The van der Waals surface area contributed by atoms with Crippen LogP contribution < -0.4 is 5.32 Å². The minimum atomic E-state index is 0.876. The van der Waals surface area contributed by atoms with Crippen molar-refractivity contribution in [1.29, 1.82) is 0 Å². The lowest BCUT2D eigenvalue weighted by atomic mass is 10.2. The quantitative estimate of drug-likeness (QED) is 0.824. The van der Waals surface area contributed by atoms with E-state index in [1.807, 2.05) is 36.3 Å². The van der Waals surface area contributed by atoms with Crippen molar-refractivity contribution >= 4 is 11.8 Å². The number of nitrogens with zero attached hydrogens (tertiary/aromatic N) is 3. The lowest BCUT2D eigenvalue weighted by Crippen LogP contribution is -2.14. The van der Waals surface area contributed by atoms with Gasteiger partial charge >= 0.3 is 0 Å². The Balaban J connectivity index is 2.19. The molecule has 0 bridgehead atoms. The Morgan fingerprint density at radius 1 is 1.32 bits per heavy atom. The molecule has 0 aliphatic carbocycles. The number of nitrogens with one attached hydrogen (secondary N) is 1. The zero-order chi connectivity index (χ0) is 13.7. The van der Waals surface area contributed by atoms with Gasteiger partial charge in [-0.05, 0) is 32.0 Å². The molecule has 0 saturated carbocycles. The van der Waals surface area contributed by atoms with Gasteiger partial charge in [0.1, 0.15) is 5.03 Å². The molecule has 5 heteroatoms. The van der Waals surface area contributed by atoms with Crippen molar-refractivity contribution in [3.63, 3.8) is 0 Å². The summed E-state index contributed by atoms with van der Waals surface area (Å²) < 4.78 is 1.96. The first-order chi connectivity index (χ1) is 9.22. The van der Waals surface area contributed by atoms with Gasteiger partial charge in [0.25, 0.3) is 0 Å². The molecule has 2 aromatic heterocycles. The molecule has 0 atom stereocenters. The van der Waals surface area contributed by atoms with Crippen LogP contribution in [0.4, 0.5) is 0 Å². The summed E-state index contributed by atoms with van der Waals surface area (Å²) in [6.07, 6.45) is 4.78. The van der Waals surface area contributed by atoms with E-state index in [0.29, 0.717) is 0 Å². The maximum atomic E-state index is 4.53. The molecule has 0 aliphatic heterocycles. The summed E-state index contributed by atoms with van der Waals surface area (Å²) in [5.41, 5.74) is 2.39. The molecule has 102 valence electrons. The minimum absolute atomic E-state index is 0.876. The first kappa shape index (κ1) is 14.1. The van der Waals surface area contributed by atoms with Gasteiger partial charge in [-0.2, -0.15) is 5.10 Å². The van der Waals surface area contributed by atoms with Gasteiger partial charge in [0.15, 0.2) is 0 Å². The van der Waals surface area contributed by atoms with E-state index in [2.05, 4.69) is 29.2 Å². The highest BCUT2D eigenvalue weighted by molar-refractivity contribution is 7.99. The zero-order valence-electron chi connectivity index (χ0n) is 11.7. The average molecular weight is 276 g/mol. The number of hydrogen-bond acceptors (Lipinski definition) is 4. The van der Waals surface area contributed by atoms with E-state index in [4.69, 9.17) is 0 Å². The van der Waals surface area contributed by atoms with Crippen molar-refractivity contribution in [3.05, 3.63) is 35.8 Å². The van der Waals surface area contributed by atoms with Crippen LogP contribution in [-0.2, 0) is 13.6 Å². The molecule has 0 radical (unpaired) electrons. The van der Waals surface area contributed by atoms with Crippen LogP contribution in [0.15, 0.2) is 34.4 Å². The molecular weight excluding hydrogens is 256 g/mol. The van der Waals surface area contributed by atoms with E-state index >= 15 is 0 Å². The second-order valence-corrected chi connectivity index (χ2v) is 5.52. The molecule has 1 N–H and O–H groups in total. The molecule has 0 aliphatic rings. The highest BCUT2D eigenvalue weighted by atomic mass is 32.2. The molecule has 2 rings (SSSR count). The first-order valence-electron chi connectivity index (χ1n) is 6.53. The van der Waals surface area contributed by atoms with Crippen LogP contribution in [0.3, 0.4) is 0 Å². The highest BCUT2D eigenvalue weighted by Gasteiger charge is 2.13. The van der Waals surface area contributed by atoms with Gasteiger partial charge < -0.3 is 5.32 Å². The molecule has 0 fully saturated rings. The van der Waals surface area contributed by atoms with E-state index in [-0.39, 0.29) is 0 Å². The largest absolute Gasteiger partial charge is 0.313 e. The number of pyridine rings is 1. The first-order valence-corrected chi connectivity index (χ1v) is 7.35. The summed E-state index contributed by atoms with van der Waals surface area (Å²) in [6, 6.07) is 4.05. The van der Waals surface area contributed by atoms with Crippen molar-refractivity contribution in [1.82, 2.24) is 20.1 Å². The molecular formula is C14H20N4S. The van der Waals surface area contributed by atoms with E-state index in [1.165, 1.54) is 15.5 Å². The van der Waals surface area contributed by atoms with Gasteiger partial charge in [-0.25, -0.2) is 0 Å². The smallest absolute Gasteiger partial charge is 0.103 e. The van der Waals surface area contributed by atoms with Gasteiger partial charge in [0.05, 0.1) is 5.69 Å². The van der Waals surface area contributed by atoms with Gasteiger partial charge in [-0.1, -0.05) is 18.7 Å². The van der Waals surface area contributed by atoms with Crippen molar-refractivity contribution in [3.8, 4) is 0 Å². The van der Waals surface area contributed by atoms with Gasteiger partial charge in [-0.15, -0.1) is 0 Å². The van der Waals surface area contributed by atoms with Crippen LogP contribution >= 0.6 is 11.8 Å². The van der Waals surface area contributed by atoms with Crippen molar-refractivity contribution in [2.24, 2.45) is 7.05 Å². The van der Waals surface area contributed by atoms with E-state index in [9.17, 15) is 0 Å². The normalized spacial score (nSPS) is 10.9. The summed E-state index contributed by atoms with van der Waals surface area (Å²) >= 11 is 1.74. The van der Waals surface area contributed by atoms with E-state index < -0.39 is 0 Å². The fourth-order valence-corrected chi connectivity index (χ4v) is 2.92. The fourth-order valence-electron chi connectivity index (χ4n) is 1.92. The summed E-state index contributed by atoms with van der Waals surface area (Å²) in [5, 5.41) is 9.18. The Morgan fingerprint density at radius 3 is 2.74 bits per heavy atom. The van der Waals surface area contributed by atoms with E-state index in [0.717, 1.165) is 25.2 Å². The molecule has 0 amide bonds. The van der Waals surface area contributed by atoms with Gasteiger partial charge in [0.2, 0.25) is 0 Å². The Labute approximate surface area is 118 Å². The van der Waals surface area contributed by atoms with Crippen molar-refractivity contribution in [2.75, 3.05) is 6.54 Å². The molecule has 0 saturated heterocycles. The summed E-state index contributed by atoms with van der Waals surface area (Å²) in [6.45, 7) is 6.16. The number of rotatable bonds is 6. The predicted molar refractivity (Wildman–Crippen MR) is 78.3 cm³/mol. The lowest BCUT2D eigenvalue weighted by molar-refractivity contribution is 0.653. The lowest BCUT2D eigenvalue weighted by Gasteiger charge is -2.07. The Bertz CT molecular complexity index is 522. The van der Waals surface area contributed by atoms with Crippen LogP contribution in [0.1, 0.15) is 24.6 Å². The topological polar surface area (TPSA) is 42.7 Å². The van der Waals surface area contributed by atoms with Crippen molar-refractivity contribution in [2.45, 2.75) is 36.7 Å². The SMILES string of the molecule is CCCNCc1c(C)nn(C)c1Sc1ccncc1. The average Bonchev–Trinajstić information content (AvgIpc) is 2.67. The Hall–Kier alpha value is -1.33. The van der Waals surface area contributed by atoms with Crippen LogP contribution in [0.5, 0.6) is 0 Å². The highest BCUT2D eigenvalue weighted by Crippen LogP contribution is 2.31. The van der Waals surface area contributed by atoms with Gasteiger partial charge in [0, 0.05) is 36.4 Å². The Kier molecular flexibility index (Phi) is 4.99. The predicted octanol–water partition coefficient (Wildman–Crippen LogP) is 2.77. The van der Waals surface area contributed by atoms with Crippen LogP contribution in [-0.4, -0.2) is 21.3 Å². The third-order valence-electron chi connectivity index (χ3n) is 2.88. The van der Waals surface area contributed by atoms with Crippen LogP contribution in [0, 0.1) is 6.92 Å². The van der Waals surface area contributed by atoms with Crippen molar-refractivity contribution < 1.29 is 0 Å². The molecule has 0 spiro atoms. The molecule has 2 heterocycles. The molecule has 0 aromatic carbocycles. The minimum Gasteiger partial charge on any atom is -0.313 e. The standard InChI is InChI=1S/C14H20N4S/c1-4-7-16-10-13-11(2)17-18(3)14(13)19-12-5-8-15-9-6-12/h5-6,8-9,16H,4,7,10H2,1-3H3. The summed E-state index contributed by atoms with van der Waals surface area (Å²) in [5.74, 6) is 0.